The van der Waals surface area contributed by atoms with Gasteiger partial charge in [-0.05, 0) is 23.3 Å². The van der Waals surface area contributed by atoms with Gasteiger partial charge in [-0.1, -0.05) is 66.7 Å². The van der Waals surface area contributed by atoms with Crippen LogP contribution in [0.15, 0.2) is 84.9 Å². The number of hydrogen-bond acceptors (Lipinski definition) is 5. The van der Waals surface area contributed by atoms with Gasteiger partial charge in [-0.15, -0.1) is 0 Å². The Morgan fingerprint density at radius 3 is 2.21 bits per heavy atom. The highest BCUT2D eigenvalue weighted by atomic mass is 32.2. The molecule has 178 valence electrons. The van der Waals surface area contributed by atoms with Crippen molar-refractivity contribution in [3.8, 4) is 5.75 Å². The largest absolute Gasteiger partial charge is 0.497 e. The maximum Gasteiger partial charge on any atom is 0.246 e. The fraction of sp³-hybridized carbons (Fsp3) is 0.269. The summed E-state index contributed by atoms with van der Waals surface area (Å²) in [6, 6.07) is 25.5. The lowest BCUT2D eigenvalue weighted by Gasteiger charge is -2.38. The number of benzene rings is 3. The van der Waals surface area contributed by atoms with E-state index in [0.29, 0.717) is 37.6 Å². The number of methoxy groups -OCH3 is 1. The molecule has 1 saturated heterocycles. The molecule has 3 aromatic rings. The van der Waals surface area contributed by atoms with Crippen LogP contribution in [-0.2, 0) is 20.6 Å². The predicted octanol–water partition coefficient (Wildman–Crippen LogP) is 3.52. The smallest absolute Gasteiger partial charge is 0.246 e. The van der Waals surface area contributed by atoms with Gasteiger partial charge in [0.15, 0.2) is 0 Å². The van der Waals surface area contributed by atoms with Gasteiger partial charge < -0.3 is 10.1 Å². The number of amides is 1. The van der Waals surface area contributed by atoms with Gasteiger partial charge in [0.1, 0.15) is 11.8 Å². The van der Waals surface area contributed by atoms with E-state index < -0.39 is 16.1 Å². The van der Waals surface area contributed by atoms with Gasteiger partial charge in [-0.25, -0.2) is 8.42 Å². The fourth-order valence-electron chi connectivity index (χ4n) is 4.19. The zero-order chi connectivity index (χ0) is 24.0. The third-order valence-corrected chi connectivity index (χ3v) is 7.77. The van der Waals surface area contributed by atoms with Crippen LogP contribution in [-0.4, -0.2) is 56.8 Å². The first-order valence-electron chi connectivity index (χ1n) is 11.2. The van der Waals surface area contributed by atoms with E-state index in [9.17, 15) is 13.2 Å². The normalized spacial score (nSPS) is 16.0. The number of ether oxygens (including phenoxy) is 1. The quantitative estimate of drug-likeness (QED) is 0.535. The summed E-state index contributed by atoms with van der Waals surface area (Å²) in [6.07, 6.45) is 0. The lowest BCUT2D eigenvalue weighted by atomic mass is 10.0. The summed E-state index contributed by atoms with van der Waals surface area (Å²) in [5.74, 6) is 0.470. The van der Waals surface area contributed by atoms with Crippen LogP contribution >= 0.6 is 0 Å². The van der Waals surface area contributed by atoms with Gasteiger partial charge in [-0.3, -0.25) is 9.69 Å². The van der Waals surface area contributed by atoms with E-state index in [4.69, 9.17) is 4.74 Å². The van der Waals surface area contributed by atoms with Crippen LogP contribution in [0.2, 0.25) is 0 Å². The SMILES string of the molecule is COc1cccc(NC(=O)[C@H](c2ccccc2)N2CCN(S(=O)(=O)Cc3ccccc3)CC2)c1. The minimum absolute atomic E-state index is 0.0215. The minimum Gasteiger partial charge on any atom is -0.497 e. The lowest BCUT2D eigenvalue weighted by molar-refractivity contribution is -0.122. The molecular weight excluding hydrogens is 450 g/mol. The van der Waals surface area contributed by atoms with Crippen molar-refractivity contribution in [2.24, 2.45) is 0 Å². The Balaban J connectivity index is 1.48. The Labute approximate surface area is 201 Å². The first-order valence-corrected chi connectivity index (χ1v) is 12.8. The number of anilines is 1. The number of nitrogens with one attached hydrogen (secondary N) is 1. The van der Waals surface area contributed by atoms with Crippen molar-refractivity contribution in [1.82, 2.24) is 9.21 Å². The molecule has 0 unspecified atom stereocenters. The number of rotatable bonds is 8. The van der Waals surface area contributed by atoms with E-state index in [-0.39, 0.29) is 11.7 Å². The molecule has 1 N–H and O–H groups in total. The molecule has 3 aromatic carbocycles. The Morgan fingerprint density at radius 1 is 0.912 bits per heavy atom. The average molecular weight is 480 g/mol. The van der Waals surface area contributed by atoms with Crippen molar-refractivity contribution >= 4 is 21.6 Å². The summed E-state index contributed by atoms with van der Waals surface area (Å²) in [6.45, 7) is 1.59. The second-order valence-electron chi connectivity index (χ2n) is 8.21. The minimum atomic E-state index is -3.43. The van der Waals surface area contributed by atoms with Crippen molar-refractivity contribution in [2.45, 2.75) is 11.8 Å². The number of piperazine rings is 1. The van der Waals surface area contributed by atoms with E-state index in [1.54, 1.807) is 13.2 Å². The molecule has 1 amide bonds. The third kappa shape index (κ3) is 5.83. The zero-order valence-corrected chi connectivity index (χ0v) is 19.9. The van der Waals surface area contributed by atoms with Gasteiger partial charge in [0.2, 0.25) is 15.9 Å². The third-order valence-electron chi connectivity index (χ3n) is 5.92. The van der Waals surface area contributed by atoms with E-state index in [1.165, 1.54) is 4.31 Å². The molecule has 1 aliphatic heterocycles. The standard InChI is InChI=1S/C26H29N3O4S/c1-33-24-14-8-13-23(19-24)27-26(30)25(22-11-6-3-7-12-22)28-15-17-29(18-16-28)34(31,32)20-21-9-4-2-5-10-21/h2-14,19,25H,15-18,20H2,1H3,(H,27,30)/t25-/m0/s1. The van der Waals surface area contributed by atoms with Crippen molar-refractivity contribution in [2.75, 3.05) is 38.6 Å². The summed E-state index contributed by atoms with van der Waals surface area (Å²) < 4.78 is 32.7. The molecule has 0 spiro atoms. The molecular formula is C26H29N3O4S. The molecule has 0 radical (unpaired) electrons. The van der Waals surface area contributed by atoms with Crippen LogP contribution in [0.1, 0.15) is 17.2 Å². The molecule has 0 saturated carbocycles. The fourth-order valence-corrected chi connectivity index (χ4v) is 5.71. The summed E-state index contributed by atoms with van der Waals surface area (Å²) in [4.78, 5) is 15.4. The molecule has 1 heterocycles. The van der Waals surface area contributed by atoms with Crippen molar-refractivity contribution < 1.29 is 17.9 Å². The van der Waals surface area contributed by atoms with Crippen LogP contribution in [0.25, 0.3) is 0 Å². The first kappa shape index (κ1) is 23.9. The summed E-state index contributed by atoms with van der Waals surface area (Å²) >= 11 is 0. The van der Waals surface area contributed by atoms with Gasteiger partial charge in [0.05, 0.1) is 12.9 Å². The van der Waals surface area contributed by atoms with Crippen LogP contribution in [0.5, 0.6) is 5.75 Å². The van der Waals surface area contributed by atoms with E-state index in [2.05, 4.69) is 5.32 Å². The average Bonchev–Trinajstić information content (AvgIpc) is 2.86. The van der Waals surface area contributed by atoms with Crippen molar-refractivity contribution in [1.29, 1.82) is 0 Å². The molecule has 0 bridgehead atoms. The Kier molecular flexibility index (Phi) is 7.62. The number of carbonyl (C=O) groups excluding carboxylic acids is 1. The van der Waals surface area contributed by atoms with Crippen LogP contribution < -0.4 is 10.1 Å². The highest BCUT2D eigenvalue weighted by Gasteiger charge is 2.34. The molecule has 4 rings (SSSR count). The lowest BCUT2D eigenvalue weighted by Crippen LogP contribution is -2.51. The summed E-state index contributed by atoms with van der Waals surface area (Å²) in [5.41, 5.74) is 2.28. The Hall–Kier alpha value is -3.20. The topological polar surface area (TPSA) is 79.0 Å². The summed E-state index contributed by atoms with van der Waals surface area (Å²) in [7, 11) is -1.85. The van der Waals surface area contributed by atoms with Gasteiger partial charge >= 0.3 is 0 Å². The molecule has 1 aliphatic rings. The van der Waals surface area contributed by atoms with Crippen molar-refractivity contribution in [3.63, 3.8) is 0 Å². The predicted molar refractivity (Wildman–Crippen MR) is 133 cm³/mol. The number of carbonyl (C=O) groups is 1. The molecule has 34 heavy (non-hydrogen) atoms. The van der Waals surface area contributed by atoms with E-state index in [1.807, 2.05) is 83.8 Å². The maximum atomic E-state index is 13.4. The highest BCUT2D eigenvalue weighted by molar-refractivity contribution is 7.88. The van der Waals surface area contributed by atoms with Crippen molar-refractivity contribution in [3.05, 3.63) is 96.1 Å². The van der Waals surface area contributed by atoms with Crippen LogP contribution in [0.4, 0.5) is 5.69 Å². The second kappa shape index (κ2) is 10.8. The molecule has 7 nitrogen and oxygen atoms in total. The molecule has 8 heteroatoms. The zero-order valence-electron chi connectivity index (χ0n) is 19.1. The van der Waals surface area contributed by atoms with Crippen LogP contribution in [0, 0.1) is 0 Å². The highest BCUT2D eigenvalue weighted by Crippen LogP contribution is 2.26. The molecule has 1 fully saturated rings. The van der Waals surface area contributed by atoms with Gasteiger partial charge in [-0.2, -0.15) is 4.31 Å². The second-order valence-corrected chi connectivity index (χ2v) is 10.2. The molecule has 0 aliphatic carbocycles. The Bertz CT molecular complexity index is 1190. The van der Waals surface area contributed by atoms with E-state index in [0.717, 1.165) is 11.1 Å². The van der Waals surface area contributed by atoms with Crippen LogP contribution in [0.3, 0.4) is 0 Å². The number of sulfonamides is 1. The van der Waals surface area contributed by atoms with Gasteiger partial charge in [0.25, 0.3) is 0 Å². The maximum absolute atomic E-state index is 13.4. The summed E-state index contributed by atoms with van der Waals surface area (Å²) in [5, 5.41) is 2.99. The number of nitrogens with zero attached hydrogens (tertiary/aromatic N) is 2. The Morgan fingerprint density at radius 2 is 1.56 bits per heavy atom. The van der Waals surface area contributed by atoms with Gasteiger partial charge in [0, 0.05) is 37.9 Å². The molecule has 0 aromatic heterocycles. The number of hydrogen-bond donors (Lipinski definition) is 1. The molecule has 1 atom stereocenters. The van der Waals surface area contributed by atoms with E-state index >= 15 is 0 Å². The first-order chi connectivity index (χ1) is 16.5. The monoisotopic (exact) mass is 479 g/mol.